The van der Waals surface area contributed by atoms with E-state index < -0.39 is 0 Å². The molecule has 0 aliphatic carbocycles. The highest BCUT2D eigenvalue weighted by atomic mass is 16.5. The number of phenolic OH excluding ortho intramolecular Hbond substituents is 1. The highest BCUT2D eigenvalue weighted by molar-refractivity contribution is 5.45. The number of hydrogen-bond acceptors (Lipinski definition) is 2. The van der Waals surface area contributed by atoms with Crippen molar-refractivity contribution in [2.75, 3.05) is 0 Å². The van der Waals surface area contributed by atoms with Gasteiger partial charge in [-0.1, -0.05) is 6.58 Å². The van der Waals surface area contributed by atoms with Crippen molar-refractivity contribution in [3.05, 3.63) is 36.1 Å². The van der Waals surface area contributed by atoms with E-state index in [1.165, 1.54) is 0 Å². The monoisotopic (exact) mass is 148 g/mol. The number of ether oxygens (including phenoxy) is 1. The van der Waals surface area contributed by atoms with Crippen LogP contribution in [0.3, 0.4) is 0 Å². The molecule has 0 aromatic heterocycles. The van der Waals surface area contributed by atoms with Crippen molar-refractivity contribution in [3.63, 3.8) is 0 Å². The van der Waals surface area contributed by atoms with Crippen LogP contribution in [0.4, 0.5) is 0 Å². The van der Waals surface area contributed by atoms with Crippen molar-refractivity contribution in [1.29, 1.82) is 0 Å². The van der Waals surface area contributed by atoms with Crippen LogP contribution in [0.1, 0.15) is 5.56 Å². The Labute approximate surface area is 64.7 Å². The molecule has 0 fully saturated rings. The predicted octanol–water partition coefficient (Wildman–Crippen LogP) is 1.84. The Hall–Kier alpha value is -1.44. The second kappa shape index (κ2) is 2.02. The fraction of sp³-hybridized carbons (Fsp3) is 0.111. The lowest BCUT2D eigenvalue weighted by Crippen LogP contribution is -1.81. The lowest BCUT2D eigenvalue weighted by molar-refractivity contribution is 0.447. The Kier molecular flexibility index (Phi) is 1.15. The van der Waals surface area contributed by atoms with Crippen LogP contribution in [-0.2, 0) is 6.42 Å². The van der Waals surface area contributed by atoms with Crippen molar-refractivity contribution < 1.29 is 9.84 Å². The second-order valence-corrected chi connectivity index (χ2v) is 2.61. The molecule has 1 heterocycles. The van der Waals surface area contributed by atoms with E-state index in [1.807, 2.05) is 0 Å². The van der Waals surface area contributed by atoms with E-state index in [1.54, 1.807) is 18.2 Å². The zero-order valence-corrected chi connectivity index (χ0v) is 6.00. The van der Waals surface area contributed by atoms with Crippen LogP contribution in [0.25, 0.3) is 0 Å². The Bertz CT molecular complexity index is 315. The van der Waals surface area contributed by atoms with Gasteiger partial charge in [-0.25, -0.2) is 0 Å². The van der Waals surface area contributed by atoms with Gasteiger partial charge in [-0.3, -0.25) is 0 Å². The van der Waals surface area contributed by atoms with Gasteiger partial charge in [0.05, 0.1) is 0 Å². The van der Waals surface area contributed by atoms with E-state index in [4.69, 9.17) is 9.84 Å². The number of fused-ring (bicyclic) bond motifs is 1. The topological polar surface area (TPSA) is 29.5 Å². The molecule has 2 heteroatoms. The summed E-state index contributed by atoms with van der Waals surface area (Å²) >= 11 is 0. The van der Waals surface area contributed by atoms with Gasteiger partial charge in [0.2, 0.25) is 0 Å². The first-order valence-corrected chi connectivity index (χ1v) is 3.43. The van der Waals surface area contributed by atoms with Gasteiger partial charge in [0.1, 0.15) is 17.3 Å². The minimum atomic E-state index is 0.280. The summed E-state index contributed by atoms with van der Waals surface area (Å²) in [4.78, 5) is 0. The van der Waals surface area contributed by atoms with E-state index in [0.29, 0.717) is 6.42 Å². The van der Waals surface area contributed by atoms with Gasteiger partial charge in [0.25, 0.3) is 0 Å². The van der Waals surface area contributed by atoms with E-state index in [-0.39, 0.29) is 5.75 Å². The van der Waals surface area contributed by atoms with Gasteiger partial charge in [0, 0.05) is 12.0 Å². The molecule has 0 spiro atoms. The van der Waals surface area contributed by atoms with Crippen LogP contribution in [0.15, 0.2) is 30.5 Å². The first kappa shape index (κ1) is 6.28. The highest BCUT2D eigenvalue weighted by Crippen LogP contribution is 2.32. The molecule has 11 heavy (non-hydrogen) atoms. The number of phenols is 1. The lowest BCUT2D eigenvalue weighted by Gasteiger charge is -1.96. The molecule has 2 nitrogen and oxygen atoms in total. The smallest absolute Gasteiger partial charge is 0.130 e. The number of rotatable bonds is 0. The minimum Gasteiger partial charge on any atom is -0.508 e. The highest BCUT2D eigenvalue weighted by Gasteiger charge is 2.15. The molecule has 56 valence electrons. The maximum atomic E-state index is 9.10. The third kappa shape index (κ3) is 0.963. The van der Waals surface area contributed by atoms with Crippen LogP contribution in [-0.4, -0.2) is 5.11 Å². The van der Waals surface area contributed by atoms with E-state index >= 15 is 0 Å². The van der Waals surface area contributed by atoms with Crippen LogP contribution >= 0.6 is 0 Å². The summed E-state index contributed by atoms with van der Waals surface area (Å²) in [5.41, 5.74) is 1.01. The zero-order valence-electron chi connectivity index (χ0n) is 6.00. The summed E-state index contributed by atoms with van der Waals surface area (Å²) in [7, 11) is 0. The number of benzene rings is 1. The quantitative estimate of drug-likeness (QED) is 0.608. The Morgan fingerprint density at radius 3 is 3.09 bits per heavy atom. The summed E-state index contributed by atoms with van der Waals surface area (Å²) in [6, 6.07) is 5.06. The first-order valence-electron chi connectivity index (χ1n) is 3.43. The molecule has 0 atom stereocenters. The summed E-state index contributed by atoms with van der Waals surface area (Å²) in [6.07, 6.45) is 0.712. The van der Waals surface area contributed by atoms with Gasteiger partial charge < -0.3 is 9.84 Å². The van der Waals surface area contributed by atoms with Crippen LogP contribution in [0, 0.1) is 0 Å². The average Bonchev–Trinajstić information content (AvgIpc) is 2.27. The van der Waals surface area contributed by atoms with Crippen molar-refractivity contribution in [1.82, 2.24) is 0 Å². The molecular formula is C9H8O2. The molecule has 1 N–H and O–H groups in total. The maximum absolute atomic E-state index is 9.10. The summed E-state index contributed by atoms with van der Waals surface area (Å²) in [5.74, 6) is 1.83. The summed E-state index contributed by atoms with van der Waals surface area (Å²) in [6.45, 7) is 3.69. The summed E-state index contributed by atoms with van der Waals surface area (Å²) in [5, 5.41) is 9.10. The molecule has 0 bridgehead atoms. The van der Waals surface area contributed by atoms with Crippen LogP contribution in [0.2, 0.25) is 0 Å². The minimum absolute atomic E-state index is 0.280. The fourth-order valence-electron chi connectivity index (χ4n) is 1.21. The second-order valence-electron chi connectivity index (χ2n) is 2.61. The maximum Gasteiger partial charge on any atom is 0.130 e. The van der Waals surface area contributed by atoms with Gasteiger partial charge >= 0.3 is 0 Å². The summed E-state index contributed by atoms with van der Waals surface area (Å²) < 4.78 is 5.26. The van der Waals surface area contributed by atoms with Crippen molar-refractivity contribution in [3.8, 4) is 11.5 Å². The van der Waals surface area contributed by atoms with Crippen molar-refractivity contribution >= 4 is 0 Å². The van der Waals surface area contributed by atoms with E-state index in [9.17, 15) is 0 Å². The van der Waals surface area contributed by atoms with Gasteiger partial charge in [-0.05, 0) is 18.2 Å². The number of aromatic hydroxyl groups is 1. The van der Waals surface area contributed by atoms with Crippen LogP contribution < -0.4 is 4.74 Å². The molecule has 1 aromatic carbocycles. The van der Waals surface area contributed by atoms with Crippen molar-refractivity contribution in [2.45, 2.75) is 6.42 Å². The molecule has 0 unspecified atom stereocenters. The van der Waals surface area contributed by atoms with Gasteiger partial charge in [0.15, 0.2) is 0 Å². The Morgan fingerprint density at radius 2 is 2.27 bits per heavy atom. The third-order valence-electron chi connectivity index (χ3n) is 1.69. The number of allylic oxidation sites excluding steroid dienone is 1. The van der Waals surface area contributed by atoms with Crippen molar-refractivity contribution in [2.24, 2.45) is 0 Å². The van der Waals surface area contributed by atoms with Crippen LogP contribution in [0.5, 0.6) is 11.5 Å². The molecule has 1 aliphatic heterocycles. The predicted molar refractivity (Wildman–Crippen MR) is 41.6 cm³/mol. The lowest BCUT2D eigenvalue weighted by atomic mass is 10.1. The van der Waals surface area contributed by atoms with Gasteiger partial charge in [-0.15, -0.1) is 0 Å². The first-order chi connectivity index (χ1) is 5.25. The molecule has 0 amide bonds. The third-order valence-corrected chi connectivity index (χ3v) is 1.69. The zero-order chi connectivity index (χ0) is 7.84. The molecule has 0 saturated carbocycles. The average molecular weight is 148 g/mol. The SMILES string of the molecule is C=C1Cc2cc(O)ccc2O1. The normalized spacial score (nSPS) is 14.4. The largest absolute Gasteiger partial charge is 0.508 e. The van der Waals surface area contributed by atoms with Gasteiger partial charge in [-0.2, -0.15) is 0 Å². The molecule has 1 aromatic rings. The number of hydrogen-bond donors (Lipinski definition) is 1. The molecule has 2 rings (SSSR count). The molecule has 0 saturated heterocycles. The fourth-order valence-corrected chi connectivity index (χ4v) is 1.21. The van der Waals surface area contributed by atoms with E-state index in [0.717, 1.165) is 17.1 Å². The molecule has 0 radical (unpaired) electrons. The molecule has 1 aliphatic rings. The Balaban J connectivity index is 2.51. The molecular weight excluding hydrogens is 140 g/mol. The standard InChI is InChI=1S/C9H8O2/c1-6-4-7-5-8(10)2-3-9(7)11-6/h2-3,5,10H,1,4H2. The Morgan fingerprint density at radius 1 is 1.45 bits per heavy atom. The van der Waals surface area contributed by atoms with E-state index in [2.05, 4.69) is 6.58 Å².